The van der Waals surface area contributed by atoms with Gasteiger partial charge in [0.2, 0.25) is 0 Å². The summed E-state index contributed by atoms with van der Waals surface area (Å²) < 4.78 is 0. The summed E-state index contributed by atoms with van der Waals surface area (Å²) in [6.45, 7) is 0. The van der Waals surface area contributed by atoms with Gasteiger partial charge in [0.15, 0.2) is 0 Å². The Labute approximate surface area is 315 Å². The SMILES string of the molecule is NC(=Nc1ccccc1/C(=C(/C(=[C-]c1ccccc1)c1ccccc1)c1ccccc1)c1ccccc1)c1ccc(-c2ccccc2)cc1.[Cl][Pd+]. The summed E-state index contributed by atoms with van der Waals surface area (Å²) in [6.07, 6.45) is 3.82. The molecule has 0 bridgehead atoms. The number of allylic oxidation sites excluding steroid dienone is 2. The summed E-state index contributed by atoms with van der Waals surface area (Å²) in [6, 6.07) is 68.8. The summed E-state index contributed by atoms with van der Waals surface area (Å²) in [5.74, 6) is 0.454. The van der Waals surface area contributed by atoms with Crippen molar-refractivity contribution in [2.24, 2.45) is 10.7 Å². The fraction of sp³-hybridized carbons (Fsp3) is 0. The Morgan fingerprint density at radius 1 is 0.451 bits per heavy atom. The molecule has 7 aromatic rings. The molecule has 0 aromatic heterocycles. The van der Waals surface area contributed by atoms with Crippen LogP contribution in [-0.4, -0.2) is 5.84 Å². The van der Waals surface area contributed by atoms with Gasteiger partial charge in [-0.15, -0.1) is 29.3 Å². The Kier molecular flexibility index (Phi) is 12.4. The molecule has 7 aromatic carbocycles. The van der Waals surface area contributed by atoms with Crippen LogP contribution in [0.15, 0.2) is 205 Å². The van der Waals surface area contributed by atoms with E-state index in [0.29, 0.717) is 5.84 Å². The first-order valence-electron chi connectivity index (χ1n) is 16.6. The van der Waals surface area contributed by atoms with Crippen molar-refractivity contribution in [3.63, 3.8) is 0 Å². The van der Waals surface area contributed by atoms with Gasteiger partial charge in [-0.25, -0.2) is 4.99 Å². The van der Waals surface area contributed by atoms with Crippen molar-refractivity contribution < 1.29 is 18.2 Å². The molecular formula is C47H35ClN2Pd. The van der Waals surface area contributed by atoms with Gasteiger partial charge >= 0.3 is 27.7 Å². The molecule has 0 aliphatic rings. The average Bonchev–Trinajstić information content (AvgIpc) is 3.22. The van der Waals surface area contributed by atoms with Gasteiger partial charge in [0.25, 0.3) is 0 Å². The van der Waals surface area contributed by atoms with E-state index in [4.69, 9.17) is 10.7 Å². The quantitative estimate of drug-likeness (QED) is 0.0390. The zero-order chi connectivity index (χ0) is 35.3. The predicted octanol–water partition coefficient (Wildman–Crippen LogP) is 12.0. The number of hydrogen-bond acceptors (Lipinski definition) is 1. The minimum atomic E-state index is 0.454. The van der Waals surface area contributed by atoms with Gasteiger partial charge in [0.05, 0.1) is 5.69 Å². The normalized spacial score (nSPS) is 12.0. The fourth-order valence-electron chi connectivity index (χ4n) is 6.05. The van der Waals surface area contributed by atoms with E-state index >= 15 is 0 Å². The molecule has 0 aliphatic heterocycles. The molecule has 0 radical (unpaired) electrons. The average molecular weight is 770 g/mol. The first kappa shape index (κ1) is 35.3. The minimum absolute atomic E-state index is 0.454. The zero-order valence-electron chi connectivity index (χ0n) is 27.8. The van der Waals surface area contributed by atoms with Gasteiger partial charge in [-0.05, 0) is 28.3 Å². The van der Waals surface area contributed by atoms with Crippen molar-refractivity contribution in [2.75, 3.05) is 0 Å². The molecule has 2 N–H and O–H groups in total. The third kappa shape index (κ3) is 8.79. The number of rotatable bonds is 9. The topological polar surface area (TPSA) is 38.4 Å². The first-order valence-corrected chi connectivity index (χ1v) is 18.6. The van der Waals surface area contributed by atoms with Crippen LogP contribution in [0.2, 0.25) is 0 Å². The van der Waals surface area contributed by atoms with E-state index < -0.39 is 0 Å². The van der Waals surface area contributed by atoms with Gasteiger partial charge in [0.1, 0.15) is 5.84 Å². The number of para-hydroxylation sites is 1. The summed E-state index contributed by atoms with van der Waals surface area (Å²) in [5.41, 5.74) is 19.0. The van der Waals surface area contributed by atoms with Crippen molar-refractivity contribution in [2.45, 2.75) is 0 Å². The number of benzene rings is 7. The van der Waals surface area contributed by atoms with E-state index in [9.17, 15) is 0 Å². The Balaban J connectivity index is 0.00000220. The van der Waals surface area contributed by atoms with Crippen LogP contribution in [0.5, 0.6) is 0 Å². The summed E-state index contributed by atoms with van der Waals surface area (Å²) in [5, 5.41) is 0. The van der Waals surface area contributed by atoms with Crippen molar-refractivity contribution in [1.82, 2.24) is 0 Å². The van der Waals surface area contributed by atoms with Crippen LogP contribution in [0.1, 0.15) is 33.4 Å². The van der Waals surface area contributed by atoms with E-state index in [1.807, 2.05) is 66.7 Å². The molecule has 51 heavy (non-hydrogen) atoms. The second kappa shape index (κ2) is 17.9. The number of amidine groups is 1. The molecule has 7 rings (SSSR count). The van der Waals surface area contributed by atoms with Crippen LogP contribution in [0, 0.1) is 6.08 Å². The molecule has 0 amide bonds. The molecule has 250 valence electrons. The summed E-state index contributed by atoms with van der Waals surface area (Å²) in [7, 11) is 4.49. The van der Waals surface area contributed by atoms with Gasteiger partial charge in [-0.2, -0.15) is 0 Å². The number of aliphatic imine (C=N–C) groups is 1. The fourth-order valence-corrected chi connectivity index (χ4v) is 6.05. The van der Waals surface area contributed by atoms with Gasteiger partial charge < -0.3 is 5.73 Å². The van der Waals surface area contributed by atoms with E-state index in [1.165, 1.54) is 0 Å². The molecule has 0 atom stereocenters. The molecule has 0 aliphatic carbocycles. The second-order valence-corrected chi connectivity index (χ2v) is 11.7. The number of hydrogen-bond donors (Lipinski definition) is 1. The van der Waals surface area contributed by atoms with Crippen LogP contribution in [0.4, 0.5) is 5.69 Å². The monoisotopic (exact) mass is 768 g/mol. The Bertz CT molecular complexity index is 2230. The molecule has 0 unspecified atom stereocenters. The van der Waals surface area contributed by atoms with Crippen molar-refractivity contribution in [3.05, 3.63) is 240 Å². The van der Waals surface area contributed by atoms with Crippen molar-refractivity contribution in [1.29, 1.82) is 0 Å². The molecule has 0 fully saturated rings. The molecule has 0 spiro atoms. The first-order chi connectivity index (χ1) is 25.2. The third-order valence-corrected chi connectivity index (χ3v) is 8.43. The van der Waals surface area contributed by atoms with Crippen LogP contribution in [-0.2, 0) is 18.2 Å². The molecule has 0 heterocycles. The van der Waals surface area contributed by atoms with Crippen molar-refractivity contribution in [3.8, 4) is 11.1 Å². The summed E-state index contributed by atoms with van der Waals surface area (Å²) in [4.78, 5) is 5.10. The standard InChI is InChI=1S/C47H35N2.ClH.Pd/c48-47(41-32-30-37(31-33-41)36-20-8-2-9-21-36)49-44-29-17-16-28-42(44)45(39-24-12-4-13-25-39)46(40-26-14-5-15-27-40)43(38-22-10-3-11-23-38)34-35-18-6-1-7-19-35;;/h1-33H,(H2,48,49);1H;/q-1;;+2/p-1/b46-45+;;. The molecular weight excluding hydrogens is 734 g/mol. The Morgan fingerprint density at radius 2 is 0.902 bits per heavy atom. The third-order valence-electron chi connectivity index (χ3n) is 8.43. The summed E-state index contributed by atoms with van der Waals surface area (Å²) >= 11 is 2.22. The number of nitrogens with two attached hydrogens (primary N) is 1. The molecule has 0 saturated heterocycles. The molecule has 4 heteroatoms. The van der Waals surface area contributed by atoms with E-state index in [-0.39, 0.29) is 0 Å². The maximum absolute atomic E-state index is 6.78. The Hall–Kier alpha value is -5.56. The van der Waals surface area contributed by atoms with Gasteiger partial charge in [-0.1, -0.05) is 199 Å². The maximum atomic E-state index is 6.78. The van der Waals surface area contributed by atoms with Crippen molar-refractivity contribution >= 4 is 37.8 Å². The van der Waals surface area contributed by atoms with Crippen LogP contribution in [0.3, 0.4) is 0 Å². The number of halogens is 1. The molecule has 2 nitrogen and oxygen atoms in total. The van der Waals surface area contributed by atoms with E-state index in [1.54, 1.807) is 0 Å². The van der Waals surface area contributed by atoms with Crippen LogP contribution < -0.4 is 5.73 Å². The number of nitrogens with zero attached hydrogens (tertiary/aromatic N) is 1. The van der Waals surface area contributed by atoms with E-state index in [0.717, 1.165) is 66.9 Å². The Morgan fingerprint density at radius 3 is 1.49 bits per heavy atom. The van der Waals surface area contributed by atoms with Gasteiger partial charge in [-0.3, -0.25) is 0 Å². The van der Waals surface area contributed by atoms with E-state index in [2.05, 4.69) is 167 Å². The van der Waals surface area contributed by atoms with Crippen LogP contribution in [0.25, 0.3) is 27.8 Å². The van der Waals surface area contributed by atoms with Crippen LogP contribution >= 0.6 is 9.53 Å². The molecule has 0 saturated carbocycles. The zero-order valence-corrected chi connectivity index (χ0v) is 30.1. The predicted molar refractivity (Wildman–Crippen MR) is 212 cm³/mol. The van der Waals surface area contributed by atoms with Gasteiger partial charge in [0, 0.05) is 11.1 Å². The second-order valence-electron chi connectivity index (χ2n) is 11.7.